The first-order valence-corrected chi connectivity index (χ1v) is 5.70. The number of carbonyl (C=O) groups is 1. The highest BCUT2D eigenvalue weighted by atomic mass is 35.5. The quantitative estimate of drug-likeness (QED) is 0.752. The van der Waals surface area contributed by atoms with E-state index in [0.717, 1.165) is 0 Å². The van der Waals surface area contributed by atoms with E-state index in [0.29, 0.717) is 30.3 Å². The summed E-state index contributed by atoms with van der Waals surface area (Å²) in [5.74, 6) is 0.0486. The number of halogens is 1. The van der Waals surface area contributed by atoms with Gasteiger partial charge in [0.25, 0.3) is 5.91 Å². The van der Waals surface area contributed by atoms with Gasteiger partial charge in [0, 0.05) is 17.1 Å². The Bertz CT molecular complexity index is 377. The van der Waals surface area contributed by atoms with Gasteiger partial charge in [-0.05, 0) is 31.2 Å². The lowest BCUT2D eigenvalue weighted by atomic mass is 10.1. The van der Waals surface area contributed by atoms with Crippen molar-refractivity contribution >= 4 is 17.5 Å². The number of nitrogens with zero attached hydrogens (tertiary/aromatic N) is 1. The van der Waals surface area contributed by atoms with E-state index in [1.165, 1.54) is 0 Å². The molecule has 4 heteroatoms. The molecule has 1 aliphatic heterocycles. The van der Waals surface area contributed by atoms with Crippen molar-refractivity contribution in [1.29, 1.82) is 0 Å². The van der Waals surface area contributed by atoms with Crippen molar-refractivity contribution in [2.45, 2.75) is 13.0 Å². The number of morpholine rings is 1. The highest BCUT2D eigenvalue weighted by Crippen LogP contribution is 2.14. The molecule has 1 fully saturated rings. The second kappa shape index (κ2) is 4.85. The first-order valence-electron chi connectivity index (χ1n) is 5.33. The van der Waals surface area contributed by atoms with Crippen LogP contribution in [0, 0.1) is 0 Å². The topological polar surface area (TPSA) is 29.5 Å². The minimum atomic E-state index is 0.0486. The number of rotatable bonds is 1. The average molecular weight is 240 g/mol. The zero-order chi connectivity index (χ0) is 11.5. The summed E-state index contributed by atoms with van der Waals surface area (Å²) in [7, 11) is 0. The van der Waals surface area contributed by atoms with Crippen LogP contribution in [0.5, 0.6) is 0 Å². The van der Waals surface area contributed by atoms with Crippen LogP contribution in [0.15, 0.2) is 24.3 Å². The molecule has 0 aliphatic carbocycles. The molecule has 1 saturated heterocycles. The molecule has 1 heterocycles. The minimum Gasteiger partial charge on any atom is -0.377 e. The minimum absolute atomic E-state index is 0.0486. The molecule has 1 atom stereocenters. The Kier molecular flexibility index (Phi) is 3.46. The normalized spacial score (nSPS) is 20.9. The lowest BCUT2D eigenvalue weighted by molar-refractivity contribution is 0.00359. The third kappa shape index (κ3) is 2.36. The van der Waals surface area contributed by atoms with Gasteiger partial charge in [0.15, 0.2) is 0 Å². The molecule has 0 bridgehead atoms. The van der Waals surface area contributed by atoms with E-state index in [4.69, 9.17) is 16.3 Å². The predicted molar refractivity (Wildman–Crippen MR) is 62.8 cm³/mol. The molecular formula is C12H14ClNO2. The average Bonchev–Trinajstić information content (AvgIpc) is 2.30. The van der Waals surface area contributed by atoms with Crippen molar-refractivity contribution in [3.8, 4) is 0 Å². The van der Waals surface area contributed by atoms with E-state index in [-0.39, 0.29) is 11.9 Å². The maximum Gasteiger partial charge on any atom is 0.254 e. The van der Waals surface area contributed by atoms with E-state index >= 15 is 0 Å². The van der Waals surface area contributed by atoms with Crippen LogP contribution in [0.1, 0.15) is 17.3 Å². The Hall–Kier alpha value is -1.06. The molecule has 1 aromatic carbocycles. The van der Waals surface area contributed by atoms with Gasteiger partial charge < -0.3 is 9.64 Å². The fourth-order valence-electron chi connectivity index (χ4n) is 1.79. The maximum absolute atomic E-state index is 12.1. The van der Waals surface area contributed by atoms with Gasteiger partial charge in [-0.2, -0.15) is 0 Å². The fraction of sp³-hybridized carbons (Fsp3) is 0.417. The summed E-state index contributed by atoms with van der Waals surface area (Å²) in [5, 5.41) is 0.645. The summed E-state index contributed by atoms with van der Waals surface area (Å²) in [5.41, 5.74) is 0.679. The van der Waals surface area contributed by atoms with Crippen molar-refractivity contribution in [3.63, 3.8) is 0 Å². The Balaban J connectivity index is 2.14. The highest BCUT2D eigenvalue weighted by Gasteiger charge is 2.24. The Morgan fingerprint density at radius 2 is 2.12 bits per heavy atom. The number of carbonyl (C=O) groups excluding carboxylic acids is 1. The first kappa shape index (κ1) is 11.4. The summed E-state index contributed by atoms with van der Waals surface area (Å²) in [6.45, 7) is 3.87. The molecule has 86 valence electrons. The molecule has 1 aliphatic rings. The van der Waals surface area contributed by atoms with Gasteiger partial charge in [0.1, 0.15) is 0 Å². The van der Waals surface area contributed by atoms with Crippen molar-refractivity contribution < 1.29 is 9.53 Å². The molecule has 0 N–H and O–H groups in total. The summed E-state index contributed by atoms with van der Waals surface area (Å²) < 4.78 is 5.30. The van der Waals surface area contributed by atoms with Gasteiger partial charge in [-0.25, -0.2) is 0 Å². The second-order valence-corrected chi connectivity index (χ2v) is 4.37. The molecule has 1 aromatic rings. The Labute approximate surface area is 100.0 Å². The number of hydrogen-bond donors (Lipinski definition) is 0. The van der Waals surface area contributed by atoms with Crippen LogP contribution in [0.3, 0.4) is 0 Å². The zero-order valence-electron chi connectivity index (χ0n) is 9.15. The van der Waals surface area contributed by atoms with Crippen LogP contribution >= 0.6 is 11.6 Å². The summed E-state index contributed by atoms with van der Waals surface area (Å²) in [6.07, 6.45) is 0. The SMILES string of the molecule is CC1COCCN1C(=O)c1ccc(Cl)cc1. The van der Waals surface area contributed by atoms with E-state index in [1.807, 2.05) is 11.8 Å². The smallest absolute Gasteiger partial charge is 0.254 e. The van der Waals surface area contributed by atoms with Crippen LogP contribution in [0.25, 0.3) is 0 Å². The lowest BCUT2D eigenvalue weighted by Gasteiger charge is -2.33. The van der Waals surface area contributed by atoms with Gasteiger partial charge >= 0.3 is 0 Å². The molecule has 0 aromatic heterocycles. The summed E-state index contributed by atoms with van der Waals surface area (Å²) >= 11 is 5.79. The third-order valence-electron chi connectivity index (χ3n) is 2.72. The van der Waals surface area contributed by atoms with E-state index in [2.05, 4.69) is 0 Å². The standard InChI is InChI=1S/C12H14ClNO2/c1-9-8-16-7-6-14(9)12(15)10-2-4-11(13)5-3-10/h2-5,9H,6-8H2,1H3. The Morgan fingerprint density at radius 1 is 1.44 bits per heavy atom. The molecule has 3 nitrogen and oxygen atoms in total. The van der Waals surface area contributed by atoms with Crippen molar-refractivity contribution in [2.24, 2.45) is 0 Å². The maximum atomic E-state index is 12.1. The largest absolute Gasteiger partial charge is 0.377 e. The molecule has 0 spiro atoms. The number of amides is 1. The predicted octanol–water partition coefficient (Wildman–Crippen LogP) is 2.20. The molecule has 0 radical (unpaired) electrons. The third-order valence-corrected chi connectivity index (χ3v) is 2.97. The first-order chi connectivity index (χ1) is 7.68. The van der Waals surface area contributed by atoms with Gasteiger partial charge in [-0.15, -0.1) is 0 Å². The van der Waals surface area contributed by atoms with Crippen LogP contribution in [0.4, 0.5) is 0 Å². The number of hydrogen-bond acceptors (Lipinski definition) is 2. The van der Waals surface area contributed by atoms with Crippen molar-refractivity contribution in [1.82, 2.24) is 4.90 Å². The molecular weight excluding hydrogens is 226 g/mol. The molecule has 16 heavy (non-hydrogen) atoms. The van der Waals surface area contributed by atoms with E-state index < -0.39 is 0 Å². The number of benzene rings is 1. The van der Waals surface area contributed by atoms with E-state index in [9.17, 15) is 4.79 Å². The van der Waals surface area contributed by atoms with Crippen LogP contribution in [-0.4, -0.2) is 36.6 Å². The second-order valence-electron chi connectivity index (χ2n) is 3.93. The number of ether oxygens (including phenoxy) is 1. The van der Waals surface area contributed by atoms with Crippen LogP contribution in [0.2, 0.25) is 5.02 Å². The summed E-state index contributed by atoms with van der Waals surface area (Å²) in [4.78, 5) is 14.0. The lowest BCUT2D eigenvalue weighted by Crippen LogP contribution is -2.47. The van der Waals surface area contributed by atoms with Crippen molar-refractivity contribution in [3.05, 3.63) is 34.9 Å². The summed E-state index contributed by atoms with van der Waals surface area (Å²) in [6, 6.07) is 7.12. The fourth-order valence-corrected chi connectivity index (χ4v) is 1.91. The van der Waals surface area contributed by atoms with Gasteiger partial charge in [-0.3, -0.25) is 4.79 Å². The highest BCUT2D eigenvalue weighted by molar-refractivity contribution is 6.30. The van der Waals surface area contributed by atoms with Crippen LogP contribution < -0.4 is 0 Å². The molecule has 0 saturated carbocycles. The molecule has 1 amide bonds. The van der Waals surface area contributed by atoms with Gasteiger partial charge in [0.05, 0.1) is 19.3 Å². The van der Waals surface area contributed by atoms with Gasteiger partial charge in [0.2, 0.25) is 0 Å². The molecule has 1 unspecified atom stereocenters. The Morgan fingerprint density at radius 3 is 2.75 bits per heavy atom. The molecule has 2 rings (SSSR count). The van der Waals surface area contributed by atoms with Crippen LogP contribution in [-0.2, 0) is 4.74 Å². The van der Waals surface area contributed by atoms with Crippen molar-refractivity contribution in [2.75, 3.05) is 19.8 Å². The monoisotopic (exact) mass is 239 g/mol. The van der Waals surface area contributed by atoms with E-state index in [1.54, 1.807) is 24.3 Å². The zero-order valence-corrected chi connectivity index (χ0v) is 9.91. The van der Waals surface area contributed by atoms with Gasteiger partial charge in [-0.1, -0.05) is 11.6 Å².